The highest BCUT2D eigenvalue weighted by Gasteiger charge is 2.34. The Kier molecular flexibility index (Phi) is 6.26. The van der Waals surface area contributed by atoms with Crippen molar-refractivity contribution in [2.75, 3.05) is 31.6 Å². The highest BCUT2D eigenvalue weighted by atomic mass is 79.9. The van der Waals surface area contributed by atoms with Gasteiger partial charge in [-0.15, -0.1) is 0 Å². The SMILES string of the molecule is O=C(Cn1nc(C(F)F)c(Br)c1C1CC1)Nc1cccc(CN2CCOCC2)c1. The summed E-state index contributed by atoms with van der Waals surface area (Å²) in [5.74, 6) is -0.0970. The Bertz CT molecular complexity index is 879. The monoisotopic (exact) mass is 468 g/mol. The maximum atomic E-state index is 13.2. The maximum absolute atomic E-state index is 13.2. The van der Waals surface area contributed by atoms with Crippen LogP contribution in [0.5, 0.6) is 0 Å². The van der Waals surface area contributed by atoms with Crippen LogP contribution in [0.15, 0.2) is 28.7 Å². The van der Waals surface area contributed by atoms with Crippen LogP contribution in [0, 0.1) is 0 Å². The largest absolute Gasteiger partial charge is 0.379 e. The number of halogens is 3. The van der Waals surface area contributed by atoms with Gasteiger partial charge in [-0.1, -0.05) is 12.1 Å². The third-order valence-electron chi connectivity index (χ3n) is 5.14. The van der Waals surface area contributed by atoms with Crippen LogP contribution in [-0.2, 0) is 22.6 Å². The van der Waals surface area contributed by atoms with E-state index in [-0.39, 0.29) is 24.1 Å². The number of carbonyl (C=O) groups is 1. The number of hydrogen-bond acceptors (Lipinski definition) is 4. The van der Waals surface area contributed by atoms with E-state index in [0.29, 0.717) is 15.9 Å². The molecule has 2 aliphatic rings. The number of carbonyl (C=O) groups excluding carboxylic acids is 1. The van der Waals surface area contributed by atoms with E-state index >= 15 is 0 Å². The molecule has 0 spiro atoms. The first-order chi connectivity index (χ1) is 14.0. The Balaban J connectivity index is 1.42. The first kappa shape index (κ1) is 20.4. The van der Waals surface area contributed by atoms with E-state index < -0.39 is 6.43 Å². The van der Waals surface area contributed by atoms with Gasteiger partial charge >= 0.3 is 0 Å². The lowest BCUT2D eigenvalue weighted by molar-refractivity contribution is -0.117. The van der Waals surface area contributed by atoms with Crippen molar-refractivity contribution >= 4 is 27.5 Å². The standard InChI is InChI=1S/C20H23BrF2N4O2/c21-17-18(20(22)23)25-27(19(17)14-4-5-14)12-16(28)24-15-3-1-2-13(10-15)11-26-6-8-29-9-7-26/h1-3,10,14,20H,4-9,11-12H2,(H,24,28). The molecule has 1 amide bonds. The Labute approximate surface area is 176 Å². The molecule has 0 bridgehead atoms. The van der Waals surface area contributed by atoms with Gasteiger partial charge in [-0.25, -0.2) is 8.78 Å². The molecule has 2 fully saturated rings. The van der Waals surface area contributed by atoms with Gasteiger partial charge in [-0.2, -0.15) is 5.10 Å². The number of morpholine rings is 1. The zero-order valence-corrected chi connectivity index (χ0v) is 17.5. The van der Waals surface area contributed by atoms with E-state index in [1.54, 1.807) is 0 Å². The highest BCUT2D eigenvalue weighted by molar-refractivity contribution is 9.10. The van der Waals surface area contributed by atoms with E-state index in [1.165, 1.54) is 4.68 Å². The average molecular weight is 469 g/mol. The number of benzene rings is 1. The summed E-state index contributed by atoms with van der Waals surface area (Å²) < 4.78 is 33.5. The van der Waals surface area contributed by atoms with Gasteiger partial charge in [0.15, 0.2) is 0 Å². The molecule has 1 N–H and O–H groups in total. The van der Waals surface area contributed by atoms with Crippen LogP contribution in [0.4, 0.5) is 14.5 Å². The predicted molar refractivity (Wildman–Crippen MR) is 108 cm³/mol. The van der Waals surface area contributed by atoms with Gasteiger partial charge < -0.3 is 10.1 Å². The molecule has 29 heavy (non-hydrogen) atoms. The van der Waals surface area contributed by atoms with Crippen molar-refractivity contribution in [3.8, 4) is 0 Å². The van der Waals surface area contributed by atoms with Crippen LogP contribution < -0.4 is 5.32 Å². The lowest BCUT2D eigenvalue weighted by Crippen LogP contribution is -2.35. The van der Waals surface area contributed by atoms with E-state index in [1.807, 2.05) is 24.3 Å². The van der Waals surface area contributed by atoms with Gasteiger partial charge in [0.25, 0.3) is 6.43 Å². The Morgan fingerprint density at radius 3 is 2.76 bits per heavy atom. The predicted octanol–water partition coefficient (Wildman–Crippen LogP) is 3.93. The van der Waals surface area contributed by atoms with Crippen molar-refractivity contribution in [1.82, 2.24) is 14.7 Å². The fourth-order valence-electron chi connectivity index (χ4n) is 3.58. The number of nitrogens with one attached hydrogen (secondary N) is 1. The van der Waals surface area contributed by atoms with Crippen molar-refractivity contribution in [3.63, 3.8) is 0 Å². The van der Waals surface area contributed by atoms with Crippen molar-refractivity contribution in [2.24, 2.45) is 0 Å². The molecule has 1 aromatic heterocycles. The second-order valence-corrected chi connectivity index (χ2v) is 8.25. The second kappa shape index (κ2) is 8.89. The van der Waals surface area contributed by atoms with Crippen LogP contribution in [0.2, 0.25) is 0 Å². The Morgan fingerprint density at radius 2 is 2.07 bits per heavy atom. The van der Waals surface area contributed by atoms with Crippen molar-refractivity contribution in [2.45, 2.75) is 38.3 Å². The summed E-state index contributed by atoms with van der Waals surface area (Å²) in [4.78, 5) is 14.9. The Morgan fingerprint density at radius 1 is 1.31 bits per heavy atom. The van der Waals surface area contributed by atoms with Gasteiger partial charge in [0, 0.05) is 31.2 Å². The number of rotatable bonds is 7. The summed E-state index contributed by atoms with van der Waals surface area (Å²) in [7, 11) is 0. The van der Waals surface area contributed by atoms with Crippen molar-refractivity contribution in [3.05, 3.63) is 45.7 Å². The average Bonchev–Trinajstić information content (AvgIpc) is 3.46. The summed E-state index contributed by atoms with van der Waals surface area (Å²) in [6.07, 6.45) is -0.820. The van der Waals surface area contributed by atoms with Crippen LogP contribution in [0.3, 0.4) is 0 Å². The summed E-state index contributed by atoms with van der Waals surface area (Å²) in [5, 5.41) is 6.85. The third kappa shape index (κ3) is 5.02. The molecule has 2 aromatic rings. The van der Waals surface area contributed by atoms with Crippen LogP contribution in [-0.4, -0.2) is 46.9 Å². The van der Waals surface area contributed by atoms with Crippen molar-refractivity contribution in [1.29, 1.82) is 0 Å². The molecule has 1 aliphatic carbocycles. The molecule has 2 heterocycles. The fraction of sp³-hybridized carbons (Fsp3) is 0.500. The quantitative estimate of drug-likeness (QED) is 0.668. The van der Waals surface area contributed by atoms with Gasteiger partial charge in [-0.3, -0.25) is 14.4 Å². The zero-order valence-electron chi connectivity index (χ0n) is 15.9. The molecule has 4 rings (SSSR count). The van der Waals surface area contributed by atoms with E-state index in [2.05, 4.69) is 31.2 Å². The van der Waals surface area contributed by atoms with Crippen LogP contribution in [0.25, 0.3) is 0 Å². The number of anilines is 1. The lowest BCUT2D eigenvalue weighted by atomic mass is 10.2. The number of aromatic nitrogens is 2. The zero-order chi connectivity index (χ0) is 20.4. The summed E-state index contributed by atoms with van der Waals surface area (Å²) >= 11 is 3.25. The molecule has 156 valence electrons. The first-order valence-corrected chi connectivity index (χ1v) is 10.5. The lowest BCUT2D eigenvalue weighted by Gasteiger charge is -2.26. The topological polar surface area (TPSA) is 59.4 Å². The number of alkyl halides is 2. The molecule has 6 nitrogen and oxygen atoms in total. The smallest absolute Gasteiger partial charge is 0.283 e. The van der Waals surface area contributed by atoms with Gasteiger partial charge in [-0.05, 0) is 46.5 Å². The third-order valence-corrected chi connectivity index (χ3v) is 5.95. The minimum atomic E-state index is -2.68. The number of nitrogens with zero attached hydrogens (tertiary/aromatic N) is 3. The molecule has 1 aromatic carbocycles. The van der Waals surface area contributed by atoms with Gasteiger partial charge in [0.2, 0.25) is 5.91 Å². The second-order valence-electron chi connectivity index (χ2n) is 7.45. The number of ether oxygens (including phenoxy) is 1. The Hall–Kier alpha value is -1.84. The fourth-order valence-corrected chi connectivity index (χ4v) is 4.36. The summed E-state index contributed by atoms with van der Waals surface area (Å²) in [5.41, 5.74) is 2.18. The first-order valence-electron chi connectivity index (χ1n) is 9.74. The molecule has 0 unspecified atom stereocenters. The normalized spacial score (nSPS) is 17.7. The molecule has 1 aliphatic heterocycles. The maximum Gasteiger partial charge on any atom is 0.283 e. The molecular weight excluding hydrogens is 446 g/mol. The molecular formula is C20H23BrF2N4O2. The molecule has 0 atom stereocenters. The van der Waals surface area contributed by atoms with Gasteiger partial charge in [0.05, 0.1) is 23.4 Å². The summed E-state index contributed by atoms with van der Waals surface area (Å²) in [6, 6.07) is 7.70. The van der Waals surface area contributed by atoms with Crippen LogP contribution in [0.1, 0.15) is 42.1 Å². The minimum absolute atomic E-state index is 0.0924. The van der Waals surface area contributed by atoms with Gasteiger partial charge in [0.1, 0.15) is 12.2 Å². The number of amides is 1. The van der Waals surface area contributed by atoms with E-state index in [0.717, 1.165) is 51.3 Å². The molecule has 0 radical (unpaired) electrons. The van der Waals surface area contributed by atoms with E-state index in [9.17, 15) is 13.6 Å². The molecule has 1 saturated carbocycles. The highest BCUT2D eigenvalue weighted by Crippen LogP contribution is 2.45. The number of hydrogen-bond donors (Lipinski definition) is 1. The van der Waals surface area contributed by atoms with Crippen LogP contribution >= 0.6 is 15.9 Å². The van der Waals surface area contributed by atoms with Crippen molar-refractivity contribution < 1.29 is 18.3 Å². The molecule has 9 heteroatoms. The molecule has 1 saturated heterocycles. The van der Waals surface area contributed by atoms with E-state index in [4.69, 9.17) is 4.74 Å². The summed E-state index contributed by atoms with van der Waals surface area (Å²) in [6.45, 7) is 3.95. The minimum Gasteiger partial charge on any atom is -0.379 e.